The largest absolute Gasteiger partial charge is 0.356 e. The molecule has 0 aromatic rings. The Morgan fingerprint density at radius 3 is 2.40 bits per heavy atom. The van der Waals surface area contributed by atoms with E-state index in [-0.39, 0.29) is 23.7 Å². The Bertz CT molecular complexity index is 323. The van der Waals surface area contributed by atoms with E-state index in [1.165, 1.54) is 0 Å². The van der Waals surface area contributed by atoms with Crippen molar-refractivity contribution < 1.29 is 9.59 Å². The number of likely N-dealkylation sites (tertiary alicyclic amines) is 1. The van der Waals surface area contributed by atoms with Crippen LogP contribution in [0.5, 0.6) is 0 Å². The lowest BCUT2D eigenvalue weighted by atomic mass is 9.94. The summed E-state index contributed by atoms with van der Waals surface area (Å²) in [4.78, 5) is 25.9. The van der Waals surface area contributed by atoms with E-state index in [2.05, 4.69) is 12.2 Å². The summed E-state index contributed by atoms with van der Waals surface area (Å²) in [6.45, 7) is 8.06. The predicted molar refractivity (Wildman–Crippen MR) is 80.0 cm³/mol. The molecule has 0 spiro atoms. The number of amides is 2. The van der Waals surface area contributed by atoms with E-state index in [1.54, 1.807) is 4.90 Å². The molecule has 0 unspecified atom stereocenters. The number of unbranched alkanes of at least 4 members (excludes halogenated alkanes) is 1. The molecule has 3 N–H and O–H groups in total. The molecule has 1 atom stereocenters. The maximum atomic E-state index is 12.1. The van der Waals surface area contributed by atoms with E-state index in [0.717, 1.165) is 32.2 Å². The molecule has 0 aromatic carbocycles. The van der Waals surface area contributed by atoms with Crippen LogP contribution in [0.3, 0.4) is 0 Å². The summed E-state index contributed by atoms with van der Waals surface area (Å²) in [5, 5.41) is 2.97. The first-order valence-corrected chi connectivity index (χ1v) is 7.79. The fraction of sp³-hybridized carbons (Fsp3) is 0.867. The molecule has 1 heterocycles. The van der Waals surface area contributed by atoms with Gasteiger partial charge in [0.15, 0.2) is 0 Å². The van der Waals surface area contributed by atoms with Gasteiger partial charge in [-0.1, -0.05) is 27.2 Å². The summed E-state index contributed by atoms with van der Waals surface area (Å²) in [5.74, 6) is 0.354. The standard InChI is InChI=1S/C15H29N3O2/c1-4-5-8-17-14(19)12-6-9-18(10-7-12)15(20)13(16)11(2)3/h11-13H,4-10,16H2,1-3H3,(H,17,19)/t13-/m0/s1. The number of nitrogens with two attached hydrogens (primary N) is 1. The zero-order valence-corrected chi connectivity index (χ0v) is 13.0. The lowest BCUT2D eigenvalue weighted by molar-refractivity contribution is -0.137. The van der Waals surface area contributed by atoms with Gasteiger partial charge in [-0.3, -0.25) is 9.59 Å². The minimum absolute atomic E-state index is 0.0184. The summed E-state index contributed by atoms with van der Waals surface area (Å²) in [6.07, 6.45) is 3.59. The van der Waals surface area contributed by atoms with Crippen LogP contribution in [0.15, 0.2) is 0 Å². The molecule has 20 heavy (non-hydrogen) atoms. The number of nitrogens with zero attached hydrogens (tertiary/aromatic N) is 1. The molecule has 0 aliphatic carbocycles. The minimum Gasteiger partial charge on any atom is -0.356 e. The quantitative estimate of drug-likeness (QED) is 0.717. The van der Waals surface area contributed by atoms with Crippen molar-refractivity contribution >= 4 is 11.8 Å². The summed E-state index contributed by atoms with van der Waals surface area (Å²) in [7, 11) is 0. The maximum Gasteiger partial charge on any atom is 0.239 e. The third kappa shape index (κ3) is 4.78. The zero-order valence-electron chi connectivity index (χ0n) is 13.0. The summed E-state index contributed by atoms with van der Waals surface area (Å²) < 4.78 is 0. The average molecular weight is 283 g/mol. The number of piperidine rings is 1. The molecule has 1 rings (SSSR count). The third-order valence-corrected chi connectivity index (χ3v) is 4.01. The fourth-order valence-electron chi connectivity index (χ4n) is 2.39. The van der Waals surface area contributed by atoms with Crippen LogP contribution in [0.1, 0.15) is 46.5 Å². The van der Waals surface area contributed by atoms with Crippen LogP contribution in [-0.2, 0) is 9.59 Å². The molecule has 1 aliphatic rings. The summed E-state index contributed by atoms with van der Waals surface area (Å²) in [5.41, 5.74) is 5.90. The molecule has 0 saturated carbocycles. The van der Waals surface area contributed by atoms with Gasteiger partial charge in [0.25, 0.3) is 0 Å². The first-order chi connectivity index (χ1) is 9.47. The van der Waals surface area contributed by atoms with E-state index in [0.29, 0.717) is 13.1 Å². The van der Waals surface area contributed by atoms with Crippen LogP contribution in [0.4, 0.5) is 0 Å². The Morgan fingerprint density at radius 1 is 1.30 bits per heavy atom. The zero-order chi connectivity index (χ0) is 15.1. The van der Waals surface area contributed by atoms with Crippen molar-refractivity contribution in [3.05, 3.63) is 0 Å². The highest BCUT2D eigenvalue weighted by atomic mass is 16.2. The number of hydrogen-bond acceptors (Lipinski definition) is 3. The number of carbonyl (C=O) groups excluding carboxylic acids is 2. The molecule has 116 valence electrons. The smallest absolute Gasteiger partial charge is 0.239 e. The Labute approximate surface area is 122 Å². The number of carbonyl (C=O) groups is 2. The van der Waals surface area contributed by atoms with Gasteiger partial charge >= 0.3 is 0 Å². The van der Waals surface area contributed by atoms with Crippen molar-refractivity contribution in [3.63, 3.8) is 0 Å². The van der Waals surface area contributed by atoms with Crippen LogP contribution in [0.25, 0.3) is 0 Å². The molecular weight excluding hydrogens is 254 g/mol. The van der Waals surface area contributed by atoms with Crippen molar-refractivity contribution in [2.24, 2.45) is 17.6 Å². The van der Waals surface area contributed by atoms with Crippen molar-refractivity contribution in [3.8, 4) is 0 Å². The first-order valence-electron chi connectivity index (χ1n) is 7.79. The average Bonchev–Trinajstić information content (AvgIpc) is 2.46. The molecule has 1 fully saturated rings. The topological polar surface area (TPSA) is 75.4 Å². The van der Waals surface area contributed by atoms with Crippen LogP contribution in [-0.4, -0.2) is 42.4 Å². The monoisotopic (exact) mass is 283 g/mol. The number of nitrogens with one attached hydrogen (secondary N) is 1. The van der Waals surface area contributed by atoms with Crippen molar-refractivity contribution in [1.82, 2.24) is 10.2 Å². The van der Waals surface area contributed by atoms with Crippen LogP contribution >= 0.6 is 0 Å². The van der Waals surface area contributed by atoms with E-state index < -0.39 is 6.04 Å². The predicted octanol–water partition coefficient (Wildman–Crippen LogP) is 1.12. The molecule has 5 heteroatoms. The van der Waals surface area contributed by atoms with Gasteiger partial charge in [-0.15, -0.1) is 0 Å². The highest BCUT2D eigenvalue weighted by Crippen LogP contribution is 2.18. The van der Waals surface area contributed by atoms with Gasteiger partial charge in [0, 0.05) is 25.6 Å². The Hall–Kier alpha value is -1.10. The maximum absolute atomic E-state index is 12.1. The second-order valence-corrected chi connectivity index (χ2v) is 6.01. The fourth-order valence-corrected chi connectivity index (χ4v) is 2.39. The van der Waals surface area contributed by atoms with E-state index in [1.807, 2.05) is 13.8 Å². The molecule has 1 saturated heterocycles. The highest BCUT2D eigenvalue weighted by molar-refractivity contribution is 5.83. The Morgan fingerprint density at radius 2 is 1.90 bits per heavy atom. The van der Waals surface area contributed by atoms with Gasteiger partial charge in [-0.05, 0) is 25.2 Å². The molecule has 2 amide bonds. The first kappa shape index (κ1) is 17.0. The van der Waals surface area contributed by atoms with Gasteiger partial charge in [-0.2, -0.15) is 0 Å². The minimum atomic E-state index is -0.426. The van der Waals surface area contributed by atoms with E-state index in [4.69, 9.17) is 5.73 Å². The van der Waals surface area contributed by atoms with Crippen molar-refractivity contribution in [2.45, 2.75) is 52.5 Å². The second-order valence-electron chi connectivity index (χ2n) is 6.01. The summed E-state index contributed by atoms with van der Waals surface area (Å²) >= 11 is 0. The molecule has 0 aromatic heterocycles. The Balaban J connectivity index is 2.36. The molecule has 5 nitrogen and oxygen atoms in total. The van der Waals surface area contributed by atoms with Crippen molar-refractivity contribution in [2.75, 3.05) is 19.6 Å². The van der Waals surface area contributed by atoms with Crippen LogP contribution < -0.4 is 11.1 Å². The highest BCUT2D eigenvalue weighted by Gasteiger charge is 2.30. The number of hydrogen-bond donors (Lipinski definition) is 2. The number of rotatable bonds is 6. The van der Waals surface area contributed by atoms with Crippen LogP contribution in [0, 0.1) is 11.8 Å². The molecule has 0 bridgehead atoms. The van der Waals surface area contributed by atoms with Crippen LogP contribution in [0.2, 0.25) is 0 Å². The second kappa shape index (κ2) is 8.25. The SMILES string of the molecule is CCCCNC(=O)C1CCN(C(=O)[C@@H](N)C(C)C)CC1. The molecule has 0 radical (unpaired) electrons. The van der Waals surface area contributed by atoms with Gasteiger partial charge in [0.1, 0.15) is 0 Å². The van der Waals surface area contributed by atoms with Gasteiger partial charge in [-0.25, -0.2) is 0 Å². The molecule has 1 aliphatic heterocycles. The van der Waals surface area contributed by atoms with Gasteiger partial charge < -0.3 is 16.0 Å². The lowest BCUT2D eigenvalue weighted by Gasteiger charge is -2.33. The van der Waals surface area contributed by atoms with E-state index >= 15 is 0 Å². The Kier molecular flexibility index (Phi) is 6.99. The lowest BCUT2D eigenvalue weighted by Crippen LogP contribution is -2.50. The molecular formula is C15H29N3O2. The van der Waals surface area contributed by atoms with Gasteiger partial charge in [0.05, 0.1) is 6.04 Å². The van der Waals surface area contributed by atoms with E-state index in [9.17, 15) is 9.59 Å². The summed E-state index contributed by atoms with van der Waals surface area (Å²) in [6, 6.07) is -0.426. The van der Waals surface area contributed by atoms with Crippen molar-refractivity contribution in [1.29, 1.82) is 0 Å². The third-order valence-electron chi connectivity index (χ3n) is 4.01. The van der Waals surface area contributed by atoms with Gasteiger partial charge in [0.2, 0.25) is 11.8 Å². The normalized spacial score (nSPS) is 18.1.